The van der Waals surface area contributed by atoms with E-state index in [-0.39, 0.29) is 0 Å². The van der Waals surface area contributed by atoms with Crippen LogP contribution in [0.3, 0.4) is 0 Å². The highest BCUT2D eigenvalue weighted by Crippen LogP contribution is 2.41. The second-order valence-electron chi connectivity index (χ2n) is 3.85. The van der Waals surface area contributed by atoms with Gasteiger partial charge < -0.3 is 14.2 Å². The SMILES string of the molecule is COCc1cc(Cl)c2c(Cl)c(OC)cc(OC)c2n1. The Hall–Kier alpha value is -1.23. The Morgan fingerprint density at radius 3 is 2.32 bits per heavy atom. The summed E-state index contributed by atoms with van der Waals surface area (Å²) in [6.07, 6.45) is 0. The first-order valence-corrected chi connectivity index (χ1v) is 6.26. The average molecular weight is 302 g/mol. The van der Waals surface area contributed by atoms with Gasteiger partial charge in [0.05, 0.1) is 36.6 Å². The standard InChI is InChI=1S/C13H13Cl2NO3/c1-17-6-7-4-8(14)11-12(15)9(18-2)5-10(19-3)13(11)16-7/h4-5H,6H2,1-3H3. The second-order valence-corrected chi connectivity index (χ2v) is 4.63. The van der Waals surface area contributed by atoms with Crippen LogP contribution in [-0.4, -0.2) is 26.3 Å². The van der Waals surface area contributed by atoms with Gasteiger partial charge in [-0.2, -0.15) is 0 Å². The summed E-state index contributed by atoms with van der Waals surface area (Å²) in [5.74, 6) is 1.05. The zero-order valence-corrected chi connectivity index (χ0v) is 12.3. The third-order valence-electron chi connectivity index (χ3n) is 2.69. The molecule has 0 aliphatic heterocycles. The van der Waals surface area contributed by atoms with Crippen LogP contribution in [0, 0.1) is 0 Å². The normalized spacial score (nSPS) is 10.8. The summed E-state index contributed by atoms with van der Waals surface area (Å²) >= 11 is 12.5. The first-order valence-electron chi connectivity index (χ1n) is 5.51. The molecule has 1 aromatic heterocycles. The van der Waals surface area contributed by atoms with Gasteiger partial charge in [0.1, 0.15) is 17.0 Å². The number of hydrogen-bond donors (Lipinski definition) is 0. The van der Waals surface area contributed by atoms with Crippen molar-refractivity contribution >= 4 is 34.1 Å². The van der Waals surface area contributed by atoms with Gasteiger partial charge >= 0.3 is 0 Å². The van der Waals surface area contributed by atoms with Crippen LogP contribution in [0.2, 0.25) is 10.0 Å². The van der Waals surface area contributed by atoms with Crippen molar-refractivity contribution in [1.29, 1.82) is 0 Å². The van der Waals surface area contributed by atoms with Gasteiger partial charge in [-0.3, -0.25) is 0 Å². The highest BCUT2D eigenvalue weighted by atomic mass is 35.5. The number of ether oxygens (including phenoxy) is 3. The fraction of sp³-hybridized carbons (Fsp3) is 0.308. The molecule has 0 bridgehead atoms. The predicted octanol–water partition coefficient (Wildman–Crippen LogP) is 3.71. The van der Waals surface area contributed by atoms with Gasteiger partial charge in [0.2, 0.25) is 0 Å². The summed E-state index contributed by atoms with van der Waals surface area (Å²) < 4.78 is 15.6. The molecule has 19 heavy (non-hydrogen) atoms. The Balaban J connectivity index is 2.80. The molecule has 2 aromatic rings. The second kappa shape index (κ2) is 5.82. The highest BCUT2D eigenvalue weighted by molar-refractivity contribution is 6.43. The Kier molecular flexibility index (Phi) is 4.34. The molecular weight excluding hydrogens is 289 g/mol. The van der Waals surface area contributed by atoms with E-state index in [1.165, 1.54) is 7.11 Å². The molecule has 6 heteroatoms. The Morgan fingerprint density at radius 1 is 1.05 bits per heavy atom. The lowest BCUT2D eigenvalue weighted by Gasteiger charge is -2.13. The number of halogens is 2. The summed E-state index contributed by atoms with van der Waals surface area (Å²) in [5, 5.41) is 1.51. The van der Waals surface area contributed by atoms with Crippen LogP contribution in [0.15, 0.2) is 12.1 Å². The molecule has 0 saturated carbocycles. The number of rotatable bonds is 4. The van der Waals surface area contributed by atoms with Crippen molar-refractivity contribution in [1.82, 2.24) is 4.98 Å². The van der Waals surface area contributed by atoms with E-state index in [1.54, 1.807) is 26.4 Å². The molecule has 0 radical (unpaired) electrons. The molecule has 4 nitrogen and oxygen atoms in total. The van der Waals surface area contributed by atoms with Crippen LogP contribution in [0.25, 0.3) is 10.9 Å². The van der Waals surface area contributed by atoms with E-state index in [1.807, 2.05) is 0 Å². The smallest absolute Gasteiger partial charge is 0.148 e. The van der Waals surface area contributed by atoms with Gasteiger partial charge in [-0.05, 0) is 6.07 Å². The fourth-order valence-corrected chi connectivity index (χ4v) is 2.53. The predicted molar refractivity (Wildman–Crippen MR) is 75.6 cm³/mol. The molecule has 0 aliphatic carbocycles. The summed E-state index contributed by atoms with van der Waals surface area (Å²) in [6, 6.07) is 3.41. The third-order valence-corrected chi connectivity index (χ3v) is 3.36. The highest BCUT2D eigenvalue weighted by Gasteiger charge is 2.17. The van der Waals surface area contributed by atoms with Crippen molar-refractivity contribution in [2.45, 2.75) is 6.61 Å². The summed E-state index contributed by atoms with van der Waals surface area (Å²) in [7, 11) is 4.69. The Bertz CT molecular complexity index is 617. The average Bonchev–Trinajstić information content (AvgIpc) is 2.39. The summed E-state index contributed by atoms with van der Waals surface area (Å²) in [4.78, 5) is 4.46. The molecule has 0 aliphatic rings. The van der Waals surface area contributed by atoms with Crippen LogP contribution >= 0.6 is 23.2 Å². The van der Waals surface area contributed by atoms with E-state index < -0.39 is 0 Å². The molecule has 2 rings (SSSR count). The molecule has 0 saturated heterocycles. The molecular formula is C13H13Cl2NO3. The summed E-state index contributed by atoms with van der Waals surface area (Å²) in [6.45, 7) is 0.364. The minimum Gasteiger partial charge on any atom is -0.495 e. The first kappa shape index (κ1) is 14.2. The lowest BCUT2D eigenvalue weighted by molar-refractivity contribution is 0.182. The van der Waals surface area contributed by atoms with Crippen molar-refractivity contribution in [3.05, 3.63) is 27.9 Å². The molecule has 1 aromatic carbocycles. The van der Waals surface area contributed by atoms with E-state index in [2.05, 4.69) is 4.98 Å². The van der Waals surface area contributed by atoms with Gasteiger partial charge in [0.15, 0.2) is 0 Å². The van der Waals surface area contributed by atoms with E-state index in [0.717, 1.165) is 0 Å². The quantitative estimate of drug-likeness (QED) is 0.863. The van der Waals surface area contributed by atoms with Crippen LogP contribution in [-0.2, 0) is 11.3 Å². The number of benzene rings is 1. The van der Waals surface area contributed by atoms with Crippen molar-refractivity contribution in [2.24, 2.45) is 0 Å². The fourth-order valence-electron chi connectivity index (χ4n) is 1.85. The zero-order chi connectivity index (χ0) is 14.0. The van der Waals surface area contributed by atoms with E-state index >= 15 is 0 Å². The lowest BCUT2D eigenvalue weighted by Crippen LogP contribution is -1.97. The Morgan fingerprint density at radius 2 is 1.74 bits per heavy atom. The van der Waals surface area contributed by atoms with E-state index in [0.29, 0.717) is 44.7 Å². The van der Waals surface area contributed by atoms with E-state index in [9.17, 15) is 0 Å². The van der Waals surface area contributed by atoms with Crippen LogP contribution in [0.5, 0.6) is 11.5 Å². The van der Waals surface area contributed by atoms with Gasteiger partial charge in [0, 0.05) is 18.6 Å². The molecule has 0 spiro atoms. The maximum Gasteiger partial charge on any atom is 0.148 e. The number of methoxy groups -OCH3 is 3. The molecule has 102 valence electrons. The van der Waals surface area contributed by atoms with Crippen molar-refractivity contribution < 1.29 is 14.2 Å². The number of fused-ring (bicyclic) bond motifs is 1. The maximum atomic E-state index is 6.27. The van der Waals surface area contributed by atoms with Gasteiger partial charge in [-0.15, -0.1) is 0 Å². The molecule has 0 N–H and O–H groups in total. The third kappa shape index (κ3) is 2.56. The zero-order valence-electron chi connectivity index (χ0n) is 10.8. The van der Waals surface area contributed by atoms with Crippen LogP contribution in [0.1, 0.15) is 5.69 Å². The van der Waals surface area contributed by atoms with Gasteiger partial charge in [0.25, 0.3) is 0 Å². The molecule has 0 amide bonds. The van der Waals surface area contributed by atoms with E-state index in [4.69, 9.17) is 37.4 Å². The van der Waals surface area contributed by atoms with Crippen molar-refractivity contribution in [3.63, 3.8) is 0 Å². The topological polar surface area (TPSA) is 40.6 Å². The number of pyridine rings is 1. The van der Waals surface area contributed by atoms with Gasteiger partial charge in [-0.1, -0.05) is 23.2 Å². The first-order chi connectivity index (χ1) is 9.12. The number of aromatic nitrogens is 1. The molecule has 0 fully saturated rings. The van der Waals surface area contributed by atoms with Crippen LogP contribution in [0.4, 0.5) is 0 Å². The minimum atomic E-state index is 0.364. The minimum absolute atomic E-state index is 0.364. The van der Waals surface area contributed by atoms with Crippen LogP contribution < -0.4 is 9.47 Å². The number of nitrogens with zero attached hydrogens (tertiary/aromatic N) is 1. The van der Waals surface area contributed by atoms with Crippen molar-refractivity contribution in [2.75, 3.05) is 21.3 Å². The summed E-state index contributed by atoms with van der Waals surface area (Å²) in [5.41, 5.74) is 1.30. The monoisotopic (exact) mass is 301 g/mol. The Labute approximate surface area is 121 Å². The lowest BCUT2D eigenvalue weighted by atomic mass is 10.1. The van der Waals surface area contributed by atoms with Gasteiger partial charge in [-0.25, -0.2) is 4.98 Å². The van der Waals surface area contributed by atoms with Crippen molar-refractivity contribution in [3.8, 4) is 11.5 Å². The largest absolute Gasteiger partial charge is 0.495 e. The molecule has 1 heterocycles. The number of hydrogen-bond acceptors (Lipinski definition) is 4. The maximum absolute atomic E-state index is 6.27. The molecule has 0 atom stereocenters. The molecule has 0 unspecified atom stereocenters.